The van der Waals surface area contributed by atoms with E-state index in [9.17, 15) is 0 Å². The largest absolute Gasteiger partial charge is 0.456 e. The number of rotatable bonds is 2. The van der Waals surface area contributed by atoms with E-state index in [1.54, 1.807) is 0 Å². The first-order chi connectivity index (χ1) is 16.3. The summed E-state index contributed by atoms with van der Waals surface area (Å²) in [6.07, 6.45) is 0. The fraction of sp³-hybridized carbons (Fsp3) is 0.0323. The smallest absolute Gasteiger partial charge is 0.135 e. The Hall–Kier alpha value is -3.88. The molecule has 0 unspecified atom stereocenters. The molecular formula is C31H20OS. The number of hydrogen-bond donors (Lipinski definition) is 0. The van der Waals surface area contributed by atoms with Crippen LogP contribution in [0.15, 0.2) is 108 Å². The van der Waals surface area contributed by atoms with Crippen LogP contribution in [0.25, 0.3) is 64.4 Å². The van der Waals surface area contributed by atoms with E-state index in [4.69, 9.17) is 4.42 Å². The van der Waals surface area contributed by atoms with Crippen LogP contribution in [0, 0.1) is 6.92 Å². The summed E-state index contributed by atoms with van der Waals surface area (Å²) in [6.45, 7) is 2.16. The quantitative estimate of drug-likeness (QED) is 0.261. The first-order valence-corrected chi connectivity index (χ1v) is 12.0. The Morgan fingerprint density at radius 3 is 2.30 bits per heavy atom. The highest BCUT2D eigenvalue weighted by atomic mass is 32.1. The van der Waals surface area contributed by atoms with Crippen molar-refractivity contribution < 1.29 is 4.42 Å². The normalized spacial score (nSPS) is 11.8. The molecule has 0 bridgehead atoms. The second-order valence-corrected chi connectivity index (χ2v) is 9.64. The number of furan rings is 1. The Labute approximate surface area is 195 Å². The molecule has 2 heterocycles. The van der Waals surface area contributed by atoms with Gasteiger partial charge in [0.05, 0.1) is 0 Å². The molecule has 33 heavy (non-hydrogen) atoms. The molecule has 7 rings (SSSR count). The molecule has 0 saturated carbocycles. The first-order valence-electron chi connectivity index (χ1n) is 11.2. The second kappa shape index (κ2) is 7.06. The van der Waals surface area contributed by atoms with Gasteiger partial charge in [-0.25, -0.2) is 0 Å². The highest BCUT2D eigenvalue weighted by molar-refractivity contribution is 7.26. The average Bonchev–Trinajstić information content (AvgIpc) is 3.43. The molecule has 0 aliphatic carbocycles. The van der Waals surface area contributed by atoms with Crippen molar-refractivity contribution in [1.29, 1.82) is 0 Å². The van der Waals surface area contributed by atoms with Gasteiger partial charge >= 0.3 is 0 Å². The SMILES string of the molecule is Cc1cccc2oc3ccc(-c4ccc(-c5ccccc5)c5sc6ccccc6c45)cc3c12. The molecule has 5 aromatic carbocycles. The van der Waals surface area contributed by atoms with Crippen molar-refractivity contribution in [2.24, 2.45) is 0 Å². The van der Waals surface area contributed by atoms with Crippen LogP contribution in [0.2, 0.25) is 0 Å². The Morgan fingerprint density at radius 2 is 1.39 bits per heavy atom. The van der Waals surface area contributed by atoms with Gasteiger partial charge in [-0.3, -0.25) is 0 Å². The van der Waals surface area contributed by atoms with Gasteiger partial charge in [-0.05, 0) is 59.0 Å². The van der Waals surface area contributed by atoms with Crippen molar-refractivity contribution in [3.63, 3.8) is 0 Å². The van der Waals surface area contributed by atoms with Gasteiger partial charge in [0.1, 0.15) is 11.2 Å². The summed E-state index contributed by atoms with van der Waals surface area (Å²) in [4.78, 5) is 0. The molecule has 0 spiro atoms. The highest BCUT2D eigenvalue weighted by Crippen LogP contribution is 2.45. The Bertz CT molecular complexity index is 1820. The summed E-state index contributed by atoms with van der Waals surface area (Å²) >= 11 is 1.88. The number of hydrogen-bond acceptors (Lipinski definition) is 2. The maximum atomic E-state index is 6.15. The maximum absolute atomic E-state index is 6.15. The van der Waals surface area contributed by atoms with Gasteiger partial charge in [0, 0.05) is 30.9 Å². The van der Waals surface area contributed by atoms with E-state index in [0.717, 1.165) is 11.2 Å². The van der Waals surface area contributed by atoms with Crippen molar-refractivity contribution >= 4 is 53.4 Å². The van der Waals surface area contributed by atoms with E-state index >= 15 is 0 Å². The minimum absolute atomic E-state index is 0.940. The molecular weight excluding hydrogens is 420 g/mol. The van der Waals surface area contributed by atoms with Crippen LogP contribution in [-0.4, -0.2) is 0 Å². The zero-order chi connectivity index (χ0) is 21.9. The molecule has 7 aromatic rings. The van der Waals surface area contributed by atoms with Crippen LogP contribution in [0.5, 0.6) is 0 Å². The van der Waals surface area contributed by atoms with Crippen LogP contribution in [0.1, 0.15) is 5.56 Å². The van der Waals surface area contributed by atoms with Crippen molar-refractivity contribution in [3.05, 3.63) is 109 Å². The lowest BCUT2D eigenvalue weighted by Crippen LogP contribution is -1.84. The molecule has 1 nitrogen and oxygen atoms in total. The van der Waals surface area contributed by atoms with E-state index < -0.39 is 0 Å². The van der Waals surface area contributed by atoms with Crippen molar-refractivity contribution in [2.75, 3.05) is 0 Å². The van der Waals surface area contributed by atoms with Gasteiger partial charge in [0.15, 0.2) is 0 Å². The summed E-state index contributed by atoms with van der Waals surface area (Å²) < 4.78 is 8.81. The van der Waals surface area contributed by atoms with Crippen LogP contribution in [-0.2, 0) is 0 Å². The number of aryl methyl sites for hydroxylation is 1. The molecule has 0 saturated heterocycles. The van der Waals surface area contributed by atoms with Gasteiger partial charge in [-0.1, -0.05) is 78.9 Å². The molecule has 0 aliphatic rings. The maximum Gasteiger partial charge on any atom is 0.135 e. The third-order valence-corrected chi connectivity index (χ3v) is 7.83. The predicted molar refractivity (Wildman–Crippen MR) is 142 cm³/mol. The van der Waals surface area contributed by atoms with Crippen LogP contribution in [0.3, 0.4) is 0 Å². The topological polar surface area (TPSA) is 13.1 Å². The number of benzene rings is 5. The second-order valence-electron chi connectivity index (χ2n) is 8.59. The lowest BCUT2D eigenvalue weighted by atomic mass is 9.94. The van der Waals surface area contributed by atoms with E-state index in [2.05, 4.69) is 110 Å². The van der Waals surface area contributed by atoms with Gasteiger partial charge in [0.25, 0.3) is 0 Å². The number of thiophene rings is 1. The Morgan fingerprint density at radius 1 is 0.576 bits per heavy atom. The first kappa shape index (κ1) is 18.7. The zero-order valence-corrected chi connectivity index (χ0v) is 18.9. The van der Waals surface area contributed by atoms with E-state index in [-0.39, 0.29) is 0 Å². The van der Waals surface area contributed by atoms with Crippen LogP contribution < -0.4 is 0 Å². The van der Waals surface area contributed by atoms with Gasteiger partial charge in [-0.15, -0.1) is 11.3 Å². The van der Waals surface area contributed by atoms with Gasteiger partial charge < -0.3 is 4.42 Å². The molecule has 0 amide bonds. The molecule has 0 radical (unpaired) electrons. The third kappa shape index (κ3) is 2.78. The Kier molecular flexibility index (Phi) is 3.99. The van der Waals surface area contributed by atoms with E-state index in [1.165, 1.54) is 58.8 Å². The number of fused-ring (bicyclic) bond motifs is 6. The van der Waals surface area contributed by atoms with Crippen LogP contribution >= 0.6 is 11.3 Å². The highest BCUT2D eigenvalue weighted by Gasteiger charge is 2.17. The standard InChI is InChI=1S/C31H20OS/c1-19-8-7-12-27-29(19)25-18-21(14-17-26(25)32-27)22-15-16-23(20-9-3-2-4-10-20)31-30(22)24-11-5-6-13-28(24)33-31/h2-18H,1H3. The summed E-state index contributed by atoms with van der Waals surface area (Å²) in [5.41, 5.74) is 8.18. The summed E-state index contributed by atoms with van der Waals surface area (Å²) in [6, 6.07) is 36.9. The zero-order valence-electron chi connectivity index (χ0n) is 18.1. The molecule has 156 valence electrons. The van der Waals surface area contributed by atoms with E-state index in [0.29, 0.717) is 0 Å². The summed E-state index contributed by atoms with van der Waals surface area (Å²) in [5, 5.41) is 5.04. The third-order valence-electron chi connectivity index (χ3n) is 6.63. The molecule has 0 fully saturated rings. The molecule has 0 aliphatic heterocycles. The minimum Gasteiger partial charge on any atom is -0.456 e. The van der Waals surface area contributed by atoms with E-state index in [1.807, 2.05) is 11.3 Å². The molecule has 0 atom stereocenters. The Balaban J connectivity index is 1.57. The van der Waals surface area contributed by atoms with Crippen LogP contribution in [0.4, 0.5) is 0 Å². The van der Waals surface area contributed by atoms with Crippen molar-refractivity contribution in [3.8, 4) is 22.3 Å². The fourth-order valence-electron chi connectivity index (χ4n) is 5.09. The van der Waals surface area contributed by atoms with Gasteiger partial charge in [0.2, 0.25) is 0 Å². The lowest BCUT2D eigenvalue weighted by molar-refractivity contribution is 0.669. The molecule has 0 N–H and O–H groups in total. The molecule has 2 heteroatoms. The van der Waals surface area contributed by atoms with Crippen molar-refractivity contribution in [2.45, 2.75) is 6.92 Å². The predicted octanol–water partition coefficient (Wildman–Crippen LogP) is 9.60. The summed E-state index contributed by atoms with van der Waals surface area (Å²) in [7, 11) is 0. The monoisotopic (exact) mass is 440 g/mol. The summed E-state index contributed by atoms with van der Waals surface area (Å²) in [5.74, 6) is 0. The van der Waals surface area contributed by atoms with Gasteiger partial charge in [-0.2, -0.15) is 0 Å². The minimum atomic E-state index is 0.940. The lowest BCUT2D eigenvalue weighted by Gasteiger charge is -2.10. The average molecular weight is 441 g/mol. The fourth-order valence-corrected chi connectivity index (χ4v) is 6.35. The van der Waals surface area contributed by atoms with Crippen molar-refractivity contribution in [1.82, 2.24) is 0 Å². The molecule has 2 aromatic heterocycles.